The summed E-state index contributed by atoms with van der Waals surface area (Å²) in [5.74, 6) is -1.35. The molecular formula is C3H8KN3O2. The number of guanidine groups is 1. The number of nitrogens with two attached hydrogens (primary N) is 1. The molecule has 0 radical (unpaired) electrons. The summed E-state index contributed by atoms with van der Waals surface area (Å²) in [7, 11) is 0. The molecule has 5 nitrogen and oxygen atoms in total. The Morgan fingerprint density at radius 3 is 2.33 bits per heavy atom. The van der Waals surface area contributed by atoms with E-state index in [2.05, 4.69) is 5.32 Å². The van der Waals surface area contributed by atoms with E-state index in [4.69, 9.17) is 16.2 Å². The van der Waals surface area contributed by atoms with Crippen molar-refractivity contribution < 1.29 is 9.90 Å². The fraction of sp³-hybridized carbons (Fsp3) is 0.333. The second kappa shape index (κ2) is 6.50. The van der Waals surface area contributed by atoms with E-state index in [1.807, 2.05) is 0 Å². The third-order valence-electron chi connectivity index (χ3n) is 0.430. The Balaban J connectivity index is 0. The molecule has 0 aliphatic carbocycles. The maximum absolute atomic E-state index is 9.69. The number of nitrogens with one attached hydrogen (secondary N) is 2. The van der Waals surface area contributed by atoms with Crippen LogP contribution in [0.3, 0.4) is 0 Å². The third kappa shape index (κ3) is 11.8. The fourth-order valence-corrected chi connectivity index (χ4v) is 0.171. The van der Waals surface area contributed by atoms with Gasteiger partial charge in [0.1, 0.15) is 6.54 Å². The average molecular weight is 157 g/mol. The normalized spacial score (nSPS) is 7.11. The van der Waals surface area contributed by atoms with E-state index in [1.54, 1.807) is 0 Å². The molecule has 9 heavy (non-hydrogen) atoms. The molecule has 0 unspecified atom stereocenters. The van der Waals surface area contributed by atoms with E-state index in [0.717, 1.165) is 0 Å². The van der Waals surface area contributed by atoms with Gasteiger partial charge in [-0.25, -0.2) is 0 Å². The van der Waals surface area contributed by atoms with Crippen LogP contribution in [-0.2, 0) is 4.79 Å². The second-order valence-corrected chi connectivity index (χ2v) is 1.16. The van der Waals surface area contributed by atoms with Crippen LogP contribution in [0.1, 0.15) is 0 Å². The summed E-state index contributed by atoms with van der Waals surface area (Å²) in [6.45, 7) is -0.296. The van der Waals surface area contributed by atoms with Gasteiger partial charge >= 0.3 is 57.4 Å². The van der Waals surface area contributed by atoms with Crippen LogP contribution in [0.4, 0.5) is 0 Å². The first-order chi connectivity index (χ1) is 3.63. The number of aliphatic carboxylic acids is 1. The van der Waals surface area contributed by atoms with Crippen molar-refractivity contribution >= 4 is 63.3 Å². The average Bonchev–Trinajstić information content (AvgIpc) is 1.61. The Kier molecular flexibility index (Phi) is 8.73. The minimum absolute atomic E-state index is 0. The standard InChI is InChI=1S/C3H7N3O2.K.H/c4-3(5)6-1-2(7)8;;/h1H2,(H,7,8)(H4,4,5,6);;. The van der Waals surface area contributed by atoms with Crippen molar-refractivity contribution in [2.24, 2.45) is 5.73 Å². The maximum atomic E-state index is 9.69. The molecule has 0 spiro atoms. The van der Waals surface area contributed by atoms with Gasteiger partial charge in [0, 0.05) is 0 Å². The van der Waals surface area contributed by atoms with Gasteiger partial charge in [0.2, 0.25) is 0 Å². The van der Waals surface area contributed by atoms with Crippen molar-refractivity contribution in [2.45, 2.75) is 0 Å². The molecule has 0 aliphatic heterocycles. The molecular weight excluding hydrogens is 149 g/mol. The summed E-state index contributed by atoms with van der Waals surface area (Å²) in [6.07, 6.45) is 0. The Labute approximate surface area is 94.9 Å². The molecule has 0 heterocycles. The van der Waals surface area contributed by atoms with Gasteiger partial charge in [-0.15, -0.1) is 0 Å². The molecule has 0 amide bonds. The van der Waals surface area contributed by atoms with Crippen LogP contribution in [-0.4, -0.2) is 75.0 Å². The minimum atomic E-state index is -1.03. The Morgan fingerprint density at radius 2 is 2.22 bits per heavy atom. The van der Waals surface area contributed by atoms with Crippen LogP contribution >= 0.6 is 0 Å². The molecule has 5 N–H and O–H groups in total. The molecule has 0 atom stereocenters. The van der Waals surface area contributed by atoms with Gasteiger partial charge < -0.3 is 16.2 Å². The van der Waals surface area contributed by atoms with Gasteiger partial charge in [-0.2, -0.15) is 0 Å². The molecule has 6 heteroatoms. The summed E-state index contributed by atoms with van der Waals surface area (Å²) >= 11 is 0. The van der Waals surface area contributed by atoms with Crippen molar-refractivity contribution in [1.29, 1.82) is 5.41 Å². The Bertz CT molecular complexity index is 102. The summed E-state index contributed by atoms with van der Waals surface area (Å²) in [4.78, 5) is 9.69. The molecule has 0 fully saturated rings. The van der Waals surface area contributed by atoms with Gasteiger partial charge in [-0.3, -0.25) is 10.2 Å². The van der Waals surface area contributed by atoms with Crippen molar-refractivity contribution in [2.75, 3.05) is 6.54 Å². The molecule has 0 bridgehead atoms. The molecule has 0 rings (SSSR count). The number of rotatable bonds is 2. The van der Waals surface area contributed by atoms with E-state index in [-0.39, 0.29) is 63.9 Å². The number of hydrogen-bond donors (Lipinski definition) is 4. The first-order valence-corrected chi connectivity index (χ1v) is 1.92. The summed E-state index contributed by atoms with van der Waals surface area (Å²) in [5, 5.41) is 16.5. The number of hydrogen-bond acceptors (Lipinski definition) is 2. The Morgan fingerprint density at radius 1 is 1.78 bits per heavy atom. The SMILES string of the molecule is N=C(N)NCC(=O)O.[KH]. The van der Waals surface area contributed by atoms with Crippen LogP contribution in [0.25, 0.3) is 0 Å². The number of carboxylic acid groups (broad SMARTS) is 1. The zero-order chi connectivity index (χ0) is 6.57. The van der Waals surface area contributed by atoms with Crippen LogP contribution in [0.2, 0.25) is 0 Å². The monoisotopic (exact) mass is 157 g/mol. The van der Waals surface area contributed by atoms with E-state index in [1.165, 1.54) is 0 Å². The molecule has 0 aromatic carbocycles. The zero-order valence-corrected chi connectivity index (χ0v) is 4.14. The third-order valence-corrected chi connectivity index (χ3v) is 0.430. The molecule has 0 saturated heterocycles. The van der Waals surface area contributed by atoms with E-state index < -0.39 is 5.97 Å². The van der Waals surface area contributed by atoms with Crippen molar-refractivity contribution in [1.82, 2.24) is 5.32 Å². The number of carbonyl (C=O) groups is 1. The Hall–Kier alpha value is 0.376. The summed E-state index contributed by atoms with van der Waals surface area (Å²) in [5.41, 5.74) is 4.75. The van der Waals surface area contributed by atoms with E-state index >= 15 is 0 Å². The predicted octanol–water partition coefficient (Wildman–Crippen LogP) is -2.09. The molecule has 0 aromatic heterocycles. The van der Waals surface area contributed by atoms with Gasteiger partial charge in [0.15, 0.2) is 5.96 Å². The number of carboxylic acids is 1. The van der Waals surface area contributed by atoms with Crippen molar-refractivity contribution in [3.63, 3.8) is 0 Å². The molecule has 0 aliphatic rings. The van der Waals surface area contributed by atoms with E-state index in [9.17, 15) is 4.79 Å². The van der Waals surface area contributed by atoms with Crippen LogP contribution in [0.15, 0.2) is 0 Å². The molecule has 48 valence electrons. The van der Waals surface area contributed by atoms with Crippen LogP contribution < -0.4 is 11.1 Å². The first kappa shape index (κ1) is 12.1. The fourth-order valence-electron chi connectivity index (χ4n) is 0.171. The summed E-state index contributed by atoms with van der Waals surface area (Å²) in [6, 6.07) is 0. The van der Waals surface area contributed by atoms with Crippen LogP contribution in [0.5, 0.6) is 0 Å². The summed E-state index contributed by atoms with van der Waals surface area (Å²) < 4.78 is 0. The first-order valence-electron chi connectivity index (χ1n) is 1.92. The zero-order valence-electron chi connectivity index (χ0n) is 4.14. The van der Waals surface area contributed by atoms with Gasteiger partial charge in [-0.1, -0.05) is 0 Å². The molecule has 0 saturated carbocycles. The predicted molar refractivity (Wildman–Crippen MR) is 34.7 cm³/mol. The quantitative estimate of drug-likeness (QED) is 0.210. The van der Waals surface area contributed by atoms with Gasteiger partial charge in [0.05, 0.1) is 0 Å². The topological polar surface area (TPSA) is 99.2 Å². The molecule has 0 aromatic rings. The second-order valence-electron chi connectivity index (χ2n) is 1.16. The van der Waals surface area contributed by atoms with E-state index in [0.29, 0.717) is 0 Å². The van der Waals surface area contributed by atoms with Gasteiger partial charge in [-0.05, 0) is 0 Å². The van der Waals surface area contributed by atoms with Crippen molar-refractivity contribution in [3.05, 3.63) is 0 Å². The van der Waals surface area contributed by atoms with Crippen LogP contribution in [0, 0.1) is 5.41 Å². The van der Waals surface area contributed by atoms with Gasteiger partial charge in [0.25, 0.3) is 0 Å². The van der Waals surface area contributed by atoms with Crippen molar-refractivity contribution in [3.8, 4) is 0 Å².